The van der Waals surface area contributed by atoms with Crippen LogP contribution in [-0.4, -0.2) is 70.9 Å². The molecule has 0 bridgehead atoms. The summed E-state index contributed by atoms with van der Waals surface area (Å²) in [7, 11) is 0. The molecule has 2 heterocycles. The molecule has 0 spiro atoms. The van der Waals surface area contributed by atoms with Crippen molar-refractivity contribution in [2.45, 2.75) is 6.18 Å². The Morgan fingerprint density at radius 1 is 0.972 bits per heavy atom. The van der Waals surface area contributed by atoms with Crippen molar-refractivity contribution in [2.75, 3.05) is 37.6 Å². The number of nitrogens with one attached hydrogen (secondary N) is 1. The van der Waals surface area contributed by atoms with E-state index in [1.807, 2.05) is 4.90 Å². The fourth-order valence-corrected chi connectivity index (χ4v) is 3.76. The van der Waals surface area contributed by atoms with Gasteiger partial charge in [0.1, 0.15) is 18.1 Å². The van der Waals surface area contributed by atoms with Crippen LogP contribution < -0.4 is 10.2 Å². The SMILES string of the molecule is O=C(NCC(F)(F)F)c1ccc(N2CCN(C(=O)c3ccc(-c4cccc(O)c4)c(F)c3)CC2)nn1. The van der Waals surface area contributed by atoms with Crippen molar-refractivity contribution in [3.05, 3.63) is 71.7 Å². The van der Waals surface area contributed by atoms with Crippen LogP contribution in [0.2, 0.25) is 0 Å². The number of carbonyl (C=O) groups excluding carboxylic acids is 2. The molecule has 3 aromatic rings. The molecular weight excluding hydrogens is 482 g/mol. The highest BCUT2D eigenvalue weighted by Crippen LogP contribution is 2.27. The molecule has 1 aromatic heterocycles. The number of rotatable bonds is 5. The summed E-state index contributed by atoms with van der Waals surface area (Å²) in [4.78, 5) is 28.1. The Bertz CT molecular complexity index is 1260. The highest BCUT2D eigenvalue weighted by atomic mass is 19.4. The number of aromatic hydroxyl groups is 1. The third-order valence-electron chi connectivity index (χ3n) is 5.60. The number of carbonyl (C=O) groups is 2. The second kappa shape index (κ2) is 10.2. The first-order valence-electron chi connectivity index (χ1n) is 10.9. The van der Waals surface area contributed by atoms with Gasteiger partial charge in [-0.2, -0.15) is 13.2 Å². The number of piperazine rings is 1. The van der Waals surface area contributed by atoms with E-state index in [1.165, 1.54) is 42.5 Å². The van der Waals surface area contributed by atoms with Crippen LogP contribution in [0.5, 0.6) is 5.75 Å². The summed E-state index contributed by atoms with van der Waals surface area (Å²) >= 11 is 0. The number of hydrogen-bond acceptors (Lipinski definition) is 6. The number of alkyl halides is 3. The first-order valence-corrected chi connectivity index (χ1v) is 10.9. The first-order chi connectivity index (χ1) is 17.1. The molecule has 2 amide bonds. The van der Waals surface area contributed by atoms with Crippen LogP contribution in [0.4, 0.5) is 23.4 Å². The molecule has 188 valence electrons. The third kappa shape index (κ3) is 5.88. The van der Waals surface area contributed by atoms with Gasteiger partial charge in [-0.25, -0.2) is 4.39 Å². The van der Waals surface area contributed by atoms with E-state index in [9.17, 15) is 32.3 Å². The van der Waals surface area contributed by atoms with Crippen LogP contribution in [-0.2, 0) is 0 Å². The molecule has 8 nitrogen and oxygen atoms in total. The third-order valence-corrected chi connectivity index (χ3v) is 5.60. The molecular formula is C24H21F4N5O3. The van der Waals surface area contributed by atoms with Gasteiger partial charge in [0.05, 0.1) is 0 Å². The Labute approximate surface area is 203 Å². The second-order valence-electron chi connectivity index (χ2n) is 8.10. The number of halogens is 4. The maximum absolute atomic E-state index is 14.7. The van der Waals surface area contributed by atoms with E-state index >= 15 is 0 Å². The van der Waals surface area contributed by atoms with Gasteiger partial charge in [-0.3, -0.25) is 9.59 Å². The van der Waals surface area contributed by atoms with E-state index in [0.29, 0.717) is 37.6 Å². The lowest BCUT2D eigenvalue weighted by molar-refractivity contribution is -0.123. The molecule has 1 aliphatic heterocycles. The van der Waals surface area contributed by atoms with Crippen molar-refractivity contribution < 1.29 is 32.3 Å². The van der Waals surface area contributed by atoms with Crippen LogP contribution in [0.1, 0.15) is 20.8 Å². The molecule has 0 unspecified atom stereocenters. The highest BCUT2D eigenvalue weighted by Gasteiger charge is 2.28. The van der Waals surface area contributed by atoms with Crippen molar-refractivity contribution in [3.63, 3.8) is 0 Å². The molecule has 0 saturated carbocycles. The summed E-state index contributed by atoms with van der Waals surface area (Å²) in [5, 5.41) is 19.0. The molecule has 1 aliphatic rings. The zero-order chi connectivity index (χ0) is 25.9. The minimum absolute atomic E-state index is 0.00831. The lowest BCUT2D eigenvalue weighted by atomic mass is 10.0. The molecule has 2 N–H and O–H groups in total. The minimum atomic E-state index is -4.53. The number of nitrogens with zero attached hydrogens (tertiary/aromatic N) is 4. The van der Waals surface area contributed by atoms with Gasteiger partial charge >= 0.3 is 6.18 Å². The number of anilines is 1. The summed E-state index contributed by atoms with van der Waals surface area (Å²) in [6, 6.07) is 13.1. The van der Waals surface area contributed by atoms with Gasteiger partial charge in [0.15, 0.2) is 11.5 Å². The highest BCUT2D eigenvalue weighted by molar-refractivity contribution is 5.95. The van der Waals surface area contributed by atoms with Crippen LogP contribution in [0.15, 0.2) is 54.6 Å². The van der Waals surface area contributed by atoms with Gasteiger partial charge < -0.3 is 20.2 Å². The summed E-state index contributed by atoms with van der Waals surface area (Å²) in [6.45, 7) is -0.0317. The number of phenolic OH excluding ortho intramolecular Hbond substituents is 1. The molecule has 4 rings (SSSR count). The predicted molar refractivity (Wildman–Crippen MR) is 122 cm³/mol. The van der Waals surface area contributed by atoms with E-state index < -0.39 is 24.4 Å². The monoisotopic (exact) mass is 503 g/mol. The number of hydrogen-bond donors (Lipinski definition) is 2. The van der Waals surface area contributed by atoms with Crippen LogP contribution in [0.25, 0.3) is 11.1 Å². The number of benzene rings is 2. The number of phenols is 1. The summed E-state index contributed by atoms with van der Waals surface area (Å²) in [5.41, 5.74) is 0.707. The number of amides is 2. The van der Waals surface area contributed by atoms with Crippen LogP contribution >= 0.6 is 0 Å². The molecule has 36 heavy (non-hydrogen) atoms. The van der Waals surface area contributed by atoms with Crippen LogP contribution in [0.3, 0.4) is 0 Å². The Hall–Kier alpha value is -4.22. The van der Waals surface area contributed by atoms with Crippen molar-refractivity contribution in [2.24, 2.45) is 0 Å². The van der Waals surface area contributed by atoms with Gasteiger partial charge in [0.2, 0.25) is 0 Å². The lowest BCUT2D eigenvalue weighted by Crippen LogP contribution is -2.49. The maximum Gasteiger partial charge on any atom is 0.405 e. The summed E-state index contributed by atoms with van der Waals surface area (Å²) in [6.07, 6.45) is -4.53. The Morgan fingerprint density at radius 3 is 2.33 bits per heavy atom. The Kier molecular flexibility index (Phi) is 7.04. The average molecular weight is 503 g/mol. The van der Waals surface area contributed by atoms with Crippen molar-refractivity contribution in [3.8, 4) is 16.9 Å². The standard InChI is InChI=1S/C24H21F4N5O3/c25-19-13-16(4-5-18(19)15-2-1-3-17(34)12-15)23(36)33-10-8-32(9-11-33)21-7-6-20(30-31-21)22(35)29-14-24(26,27)28/h1-7,12-13,34H,8-11,14H2,(H,29,35). The maximum atomic E-state index is 14.7. The molecule has 12 heteroatoms. The predicted octanol–water partition coefficient (Wildman–Crippen LogP) is 3.24. The Balaban J connectivity index is 1.35. The second-order valence-corrected chi connectivity index (χ2v) is 8.10. The summed E-state index contributed by atoms with van der Waals surface area (Å²) in [5.74, 6) is -1.48. The molecule has 0 radical (unpaired) electrons. The van der Waals surface area contributed by atoms with Gasteiger partial charge in [0.25, 0.3) is 11.8 Å². The quantitative estimate of drug-likeness (QED) is 0.519. The zero-order valence-electron chi connectivity index (χ0n) is 18.8. The number of aromatic nitrogens is 2. The molecule has 1 fully saturated rings. The largest absolute Gasteiger partial charge is 0.508 e. The van der Waals surface area contributed by atoms with E-state index in [4.69, 9.17) is 0 Å². The molecule has 0 aliphatic carbocycles. The topological polar surface area (TPSA) is 98.7 Å². The van der Waals surface area contributed by atoms with E-state index in [-0.39, 0.29) is 28.5 Å². The first kappa shape index (κ1) is 24.9. The van der Waals surface area contributed by atoms with Crippen molar-refractivity contribution in [1.29, 1.82) is 0 Å². The van der Waals surface area contributed by atoms with E-state index in [2.05, 4.69) is 10.2 Å². The van der Waals surface area contributed by atoms with E-state index in [1.54, 1.807) is 22.3 Å². The van der Waals surface area contributed by atoms with Gasteiger partial charge in [0, 0.05) is 37.3 Å². The van der Waals surface area contributed by atoms with Crippen molar-refractivity contribution >= 4 is 17.6 Å². The molecule has 2 aromatic carbocycles. The van der Waals surface area contributed by atoms with Gasteiger partial charge in [-0.1, -0.05) is 18.2 Å². The van der Waals surface area contributed by atoms with Gasteiger partial charge in [-0.05, 0) is 42.0 Å². The lowest BCUT2D eigenvalue weighted by Gasteiger charge is -2.35. The van der Waals surface area contributed by atoms with E-state index in [0.717, 1.165) is 0 Å². The molecule has 0 atom stereocenters. The zero-order valence-corrected chi connectivity index (χ0v) is 18.8. The average Bonchev–Trinajstić information content (AvgIpc) is 2.86. The normalized spacial score (nSPS) is 14.0. The fraction of sp³-hybridized carbons (Fsp3) is 0.250. The smallest absolute Gasteiger partial charge is 0.405 e. The minimum Gasteiger partial charge on any atom is -0.508 e. The fourth-order valence-electron chi connectivity index (χ4n) is 3.76. The molecule has 1 saturated heterocycles. The van der Waals surface area contributed by atoms with Crippen LogP contribution in [0, 0.1) is 5.82 Å². The Morgan fingerprint density at radius 2 is 1.72 bits per heavy atom. The summed E-state index contributed by atoms with van der Waals surface area (Å²) < 4.78 is 51.4. The van der Waals surface area contributed by atoms with Crippen molar-refractivity contribution in [1.82, 2.24) is 20.4 Å². The van der Waals surface area contributed by atoms with Gasteiger partial charge in [-0.15, -0.1) is 10.2 Å².